The van der Waals surface area contributed by atoms with E-state index in [4.69, 9.17) is 14.2 Å². The maximum Gasteiger partial charge on any atom is 0.332 e. The Morgan fingerprint density at radius 3 is 2.50 bits per heavy atom. The lowest BCUT2D eigenvalue weighted by Gasteiger charge is -2.13. The molecule has 0 unspecified atom stereocenters. The second kappa shape index (κ2) is 6.35. The molecule has 0 radical (unpaired) electrons. The van der Waals surface area contributed by atoms with Crippen molar-refractivity contribution in [2.75, 3.05) is 20.5 Å². The first-order chi connectivity index (χ1) is 8.40. The van der Waals surface area contributed by atoms with Gasteiger partial charge in [0.25, 0.3) is 0 Å². The minimum atomic E-state index is -4.80. The molecule has 18 heavy (non-hydrogen) atoms. The molecule has 102 valence electrons. The lowest BCUT2D eigenvalue weighted by atomic mass is 10.3. The van der Waals surface area contributed by atoms with Gasteiger partial charge >= 0.3 is 10.2 Å². The highest BCUT2D eigenvalue weighted by molar-refractivity contribution is 9.10. The van der Waals surface area contributed by atoms with Crippen molar-refractivity contribution in [1.82, 2.24) is 0 Å². The van der Waals surface area contributed by atoms with Gasteiger partial charge in [0, 0.05) is 13.2 Å². The van der Waals surface area contributed by atoms with Gasteiger partial charge in [0.2, 0.25) is 0 Å². The molecule has 8 heteroatoms. The average Bonchev–Trinajstić information content (AvgIpc) is 2.27. The van der Waals surface area contributed by atoms with Crippen molar-refractivity contribution in [2.45, 2.75) is 11.8 Å². The van der Waals surface area contributed by atoms with Crippen LogP contribution in [0.1, 0.15) is 6.92 Å². The van der Waals surface area contributed by atoms with E-state index in [-0.39, 0.29) is 29.4 Å². The molecule has 0 aromatic heterocycles. The topological polar surface area (TPSA) is 61.8 Å². The summed E-state index contributed by atoms with van der Waals surface area (Å²) in [7, 11) is -3.36. The zero-order valence-electron chi connectivity index (χ0n) is 9.77. The van der Waals surface area contributed by atoms with Gasteiger partial charge < -0.3 is 14.2 Å². The summed E-state index contributed by atoms with van der Waals surface area (Å²) in [5, 5.41) is 0. The van der Waals surface area contributed by atoms with E-state index < -0.39 is 15.1 Å². The molecule has 0 heterocycles. The Bertz CT molecular complexity index is 517. The number of halogens is 2. The molecule has 0 atom stereocenters. The number of ether oxygens (including phenoxy) is 3. The first-order valence-electron chi connectivity index (χ1n) is 4.93. The first-order valence-corrected chi connectivity index (χ1v) is 7.10. The van der Waals surface area contributed by atoms with Crippen LogP contribution in [-0.4, -0.2) is 28.9 Å². The third-order valence-electron chi connectivity index (χ3n) is 1.89. The smallest absolute Gasteiger partial charge is 0.332 e. The summed E-state index contributed by atoms with van der Waals surface area (Å²) >= 11 is 3.10. The highest BCUT2D eigenvalue weighted by Gasteiger charge is 2.19. The quantitative estimate of drug-likeness (QED) is 0.587. The number of rotatable bonds is 6. The van der Waals surface area contributed by atoms with E-state index in [1.165, 1.54) is 7.11 Å². The van der Waals surface area contributed by atoms with Gasteiger partial charge in [-0.1, -0.05) is 0 Å². The second-order valence-corrected chi connectivity index (χ2v) is 5.36. The lowest BCUT2D eigenvalue weighted by Crippen LogP contribution is -2.04. The van der Waals surface area contributed by atoms with Gasteiger partial charge in [0.15, 0.2) is 18.3 Å². The van der Waals surface area contributed by atoms with E-state index >= 15 is 0 Å². The number of methoxy groups -OCH3 is 1. The third-order valence-corrected chi connectivity index (χ3v) is 3.27. The van der Waals surface area contributed by atoms with Crippen LogP contribution in [0.4, 0.5) is 3.89 Å². The van der Waals surface area contributed by atoms with Gasteiger partial charge in [-0.05, 0) is 28.9 Å². The van der Waals surface area contributed by atoms with E-state index in [2.05, 4.69) is 15.9 Å². The summed E-state index contributed by atoms with van der Waals surface area (Å²) in [5.74, 6) is 0.381. The molecule has 0 saturated carbocycles. The summed E-state index contributed by atoms with van der Waals surface area (Å²) in [4.78, 5) is -0.498. The minimum Gasteiger partial charge on any atom is -0.490 e. The number of benzene rings is 1. The fourth-order valence-electron chi connectivity index (χ4n) is 1.21. The monoisotopic (exact) mass is 342 g/mol. The van der Waals surface area contributed by atoms with Crippen LogP contribution in [0.15, 0.2) is 21.5 Å². The minimum absolute atomic E-state index is 0.0413. The van der Waals surface area contributed by atoms with Crippen molar-refractivity contribution in [3.8, 4) is 11.5 Å². The molecule has 0 N–H and O–H groups in total. The number of hydrogen-bond acceptors (Lipinski definition) is 5. The molecule has 0 spiro atoms. The van der Waals surface area contributed by atoms with Crippen molar-refractivity contribution < 1.29 is 26.5 Å². The SMILES string of the molecule is CCOc1cc(S(=O)(=O)F)cc(Br)c1OCOC. The van der Waals surface area contributed by atoms with E-state index in [0.29, 0.717) is 0 Å². The maximum absolute atomic E-state index is 12.9. The molecule has 0 amide bonds. The zero-order chi connectivity index (χ0) is 13.8. The van der Waals surface area contributed by atoms with Crippen LogP contribution >= 0.6 is 15.9 Å². The van der Waals surface area contributed by atoms with Gasteiger partial charge in [0.1, 0.15) is 4.90 Å². The van der Waals surface area contributed by atoms with Crippen molar-refractivity contribution in [2.24, 2.45) is 0 Å². The predicted octanol–water partition coefficient (Wildman–Crippen LogP) is 2.49. The normalized spacial score (nSPS) is 11.3. The molecule has 0 saturated heterocycles. The summed E-state index contributed by atoms with van der Waals surface area (Å²) in [5.41, 5.74) is 0. The molecule has 1 aromatic carbocycles. The van der Waals surface area contributed by atoms with Gasteiger partial charge in [-0.2, -0.15) is 8.42 Å². The Kier molecular flexibility index (Phi) is 5.36. The summed E-state index contributed by atoms with van der Waals surface area (Å²) in [6.45, 7) is 1.95. The Morgan fingerprint density at radius 1 is 1.33 bits per heavy atom. The van der Waals surface area contributed by atoms with Crippen LogP contribution in [0.5, 0.6) is 11.5 Å². The molecule has 0 bridgehead atoms. The van der Waals surface area contributed by atoms with Crippen molar-refractivity contribution >= 4 is 26.2 Å². The van der Waals surface area contributed by atoms with Crippen molar-refractivity contribution in [3.05, 3.63) is 16.6 Å². The van der Waals surface area contributed by atoms with Crippen molar-refractivity contribution in [3.63, 3.8) is 0 Å². The summed E-state index contributed by atoms with van der Waals surface area (Å²) < 4.78 is 50.1. The highest BCUT2D eigenvalue weighted by atomic mass is 79.9. The molecule has 1 rings (SSSR count). The molecule has 0 fully saturated rings. The van der Waals surface area contributed by atoms with Crippen molar-refractivity contribution in [1.29, 1.82) is 0 Å². The number of hydrogen-bond donors (Lipinski definition) is 0. The molecular formula is C10H12BrFO5S. The Balaban J connectivity index is 3.26. The largest absolute Gasteiger partial charge is 0.490 e. The van der Waals surface area contributed by atoms with Crippen LogP contribution in [0.2, 0.25) is 0 Å². The van der Waals surface area contributed by atoms with E-state index in [0.717, 1.165) is 12.1 Å². The molecule has 0 aliphatic carbocycles. The first kappa shape index (κ1) is 15.2. The van der Waals surface area contributed by atoms with Crippen LogP contribution in [0.25, 0.3) is 0 Å². The van der Waals surface area contributed by atoms with Gasteiger partial charge in [0.05, 0.1) is 11.1 Å². The summed E-state index contributed by atoms with van der Waals surface area (Å²) in [6, 6.07) is 2.16. The molecule has 5 nitrogen and oxygen atoms in total. The zero-order valence-corrected chi connectivity index (χ0v) is 12.2. The van der Waals surface area contributed by atoms with E-state index in [9.17, 15) is 12.3 Å². The molecule has 1 aromatic rings. The van der Waals surface area contributed by atoms with Gasteiger partial charge in [-0.25, -0.2) is 0 Å². The van der Waals surface area contributed by atoms with Gasteiger partial charge in [-0.3, -0.25) is 0 Å². The average molecular weight is 343 g/mol. The summed E-state index contributed by atoms with van der Waals surface area (Å²) in [6.07, 6.45) is 0. The van der Waals surface area contributed by atoms with Crippen LogP contribution in [0.3, 0.4) is 0 Å². The fraction of sp³-hybridized carbons (Fsp3) is 0.400. The highest BCUT2D eigenvalue weighted by Crippen LogP contribution is 2.38. The van der Waals surface area contributed by atoms with E-state index in [1.54, 1.807) is 6.92 Å². The standard InChI is InChI=1S/C10H12BrFO5S/c1-3-16-9-5-7(18(12,13)14)4-8(11)10(9)17-6-15-2/h4-5H,3,6H2,1-2H3. The van der Waals surface area contributed by atoms with Crippen LogP contribution < -0.4 is 9.47 Å². The fourth-order valence-corrected chi connectivity index (χ4v) is 2.42. The Hall–Kier alpha value is -0.860. The van der Waals surface area contributed by atoms with Crippen LogP contribution in [-0.2, 0) is 15.0 Å². The predicted molar refractivity (Wildman–Crippen MR) is 66.1 cm³/mol. The molecular weight excluding hydrogens is 331 g/mol. The van der Waals surface area contributed by atoms with E-state index in [1.807, 2.05) is 0 Å². The second-order valence-electron chi connectivity index (χ2n) is 3.15. The van der Waals surface area contributed by atoms with Gasteiger partial charge in [-0.15, -0.1) is 3.89 Å². The third kappa shape index (κ3) is 3.82. The Labute approximate surface area is 113 Å². The lowest BCUT2D eigenvalue weighted by molar-refractivity contribution is 0.0481. The Morgan fingerprint density at radius 2 is 2.00 bits per heavy atom. The maximum atomic E-state index is 12.9. The molecule has 0 aliphatic heterocycles. The van der Waals surface area contributed by atoms with Crippen LogP contribution in [0, 0.1) is 0 Å². The molecule has 0 aliphatic rings.